The van der Waals surface area contributed by atoms with Crippen molar-refractivity contribution in [3.05, 3.63) is 101 Å². The minimum absolute atomic E-state index is 0.105. The topological polar surface area (TPSA) is 130 Å². The largest absolute Gasteiger partial charge is 0.872 e. The lowest BCUT2D eigenvalue weighted by molar-refractivity contribution is -0.524. The van der Waals surface area contributed by atoms with Crippen molar-refractivity contribution in [3.63, 3.8) is 0 Å². The van der Waals surface area contributed by atoms with Crippen molar-refractivity contribution in [2.75, 3.05) is 11.4 Å². The van der Waals surface area contributed by atoms with Crippen LogP contribution in [0.3, 0.4) is 0 Å². The number of anilines is 1. The van der Waals surface area contributed by atoms with Crippen LogP contribution in [0.1, 0.15) is 12.5 Å². The first-order chi connectivity index (χ1) is 18.2. The Morgan fingerprint density at radius 3 is 2.16 bits per heavy atom. The van der Waals surface area contributed by atoms with Crippen LogP contribution in [-0.4, -0.2) is 56.5 Å². The molecule has 2 atom stereocenters. The number of amides is 2. The zero-order chi connectivity index (χ0) is 27.2. The molecule has 0 bridgehead atoms. The summed E-state index contributed by atoms with van der Waals surface area (Å²) in [5, 5.41) is 24.4. The van der Waals surface area contributed by atoms with Crippen LogP contribution in [0.25, 0.3) is 5.76 Å². The van der Waals surface area contributed by atoms with E-state index in [1.54, 1.807) is 72.8 Å². The lowest BCUT2D eigenvalue weighted by Crippen LogP contribution is -2.60. The second kappa shape index (κ2) is 9.55. The molecule has 2 heterocycles. The summed E-state index contributed by atoms with van der Waals surface area (Å²) in [5.74, 6) is -3.89. The van der Waals surface area contributed by atoms with Crippen LogP contribution in [0.15, 0.2) is 95.0 Å². The lowest BCUT2D eigenvalue weighted by atomic mass is 9.93. The molecule has 3 N–H and O–H groups in total. The van der Waals surface area contributed by atoms with E-state index in [1.165, 1.54) is 28.5 Å². The van der Waals surface area contributed by atoms with E-state index < -0.39 is 47.2 Å². The summed E-state index contributed by atoms with van der Waals surface area (Å²) >= 11 is 3.32. The number of halogens is 1. The van der Waals surface area contributed by atoms with Crippen molar-refractivity contribution in [2.24, 2.45) is 5.73 Å². The van der Waals surface area contributed by atoms with Crippen LogP contribution in [0.4, 0.5) is 11.4 Å². The van der Waals surface area contributed by atoms with Gasteiger partial charge < -0.3 is 10.2 Å². The van der Waals surface area contributed by atoms with Crippen LogP contribution < -0.4 is 15.7 Å². The third-order valence-corrected chi connectivity index (χ3v) is 7.03. The van der Waals surface area contributed by atoms with E-state index in [9.17, 15) is 24.6 Å². The van der Waals surface area contributed by atoms with E-state index in [0.29, 0.717) is 15.8 Å². The molecule has 1 saturated heterocycles. The maximum absolute atomic E-state index is 14.6. The van der Waals surface area contributed by atoms with Gasteiger partial charge in [0.1, 0.15) is 11.4 Å². The van der Waals surface area contributed by atoms with Gasteiger partial charge in [0.2, 0.25) is 0 Å². The number of hydrogen-bond acceptors (Lipinski definition) is 6. The second-order valence-electron chi connectivity index (χ2n) is 8.98. The number of aliphatic hydroxyl groups is 1. The predicted molar refractivity (Wildman–Crippen MR) is 142 cm³/mol. The first kappa shape index (κ1) is 25.4. The third kappa shape index (κ3) is 3.72. The molecule has 2 amide bonds. The maximum Gasteiger partial charge on any atom is 0.366 e. The van der Waals surface area contributed by atoms with Gasteiger partial charge >= 0.3 is 11.9 Å². The number of para-hydroxylation sites is 2. The highest BCUT2D eigenvalue weighted by atomic mass is 79.9. The first-order valence-corrected chi connectivity index (χ1v) is 12.6. The highest BCUT2D eigenvalue weighted by Gasteiger charge is 2.72. The van der Waals surface area contributed by atoms with Crippen molar-refractivity contribution in [3.8, 4) is 0 Å². The quantitative estimate of drug-likeness (QED) is 0.206. The number of benzene rings is 3. The Hall–Kier alpha value is -4.28. The van der Waals surface area contributed by atoms with Crippen molar-refractivity contribution in [2.45, 2.75) is 18.7 Å². The fraction of sp³-hybridized carbons (Fsp3) is 0.143. The molecule has 38 heavy (non-hydrogen) atoms. The number of hydrogen-bond donors (Lipinski definition) is 2. The van der Waals surface area contributed by atoms with Crippen LogP contribution in [0, 0.1) is 0 Å². The molecule has 0 radical (unpaired) electrons. The number of Topliss-reactive ketones (excluding diaryl/α,β-unsaturated/α-hetero) is 1. The number of nitrogens with zero attached hydrogens (tertiary/aromatic N) is 3. The van der Waals surface area contributed by atoms with Crippen molar-refractivity contribution >= 4 is 56.6 Å². The van der Waals surface area contributed by atoms with Gasteiger partial charge in [-0.25, -0.2) is 4.79 Å². The van der Waals surface area contributed by atoms with E-state index in [2.05, 4.69) is 15.9 Å². The van der Waals surface area contributed by atoms with E-state index in [1.807, 2.05) is 0 Å². The van der Waals surface area contributed by atoms with Gasteiger partial charge in [-0.05, 0) is 48.9 Å². The molecule has 5 rings (SSSR count). The molecule has 2 aliphatic heterocycles. The normalized spacial score (nSPS) is 21.6. The molecule has 9 nitrogen and oxygen atoms in total. The molecule has 0 aliphatic carbocycles. The summed E-state index contributed by atoms with van der Waals surface area (Å²) in [6.07, 6.45) is -1.12. The standard InChI is InChI=1S/C28H23BrN4O5/c1-17(34)16-31-25(37)24(36)22(23(35)18-12-14-19(29)15-13-18)28(31)26(38)32(20-8-4-2-5-9-20)27(30)33(28)21-10-6-3-7-11-21/h2-15,17,30,34H,16H2,1H3,(H,35,36). The third-order valence-electron chi connectivity index (χ3n) is 6.50. The van der Waals surface area contributed by atoms with Crippen LogP contribution in [-0.2, 0) is 14.4 Å². The molecular formula is C28H23BrN4O5. The fourth-order valence-electron chi connectivity index (χ4n) is 4.96. The predicted octanol–water partition coefficient (Wildman–Crippen LogP) is 1.71. The Balaban J connectivity index is 1.90. The molecule has 1 fully saturated rings. The van der Waals surface area contributed by atoms with E-state index in [0.717, 1.165) is 4.90 Å². The zero-order valence-electron chi connectivity index (χ0n) is 20.2. The van der Waals surface area contributed by atoms with Crippen molar-refractivity contribution in [1.29, 1.82) is 0 Å². The summed E-state index contributed by atoms with van der Waals surface area (Å²) in [5.41, 5.74) is 4.68. The molecule has 192 valence electrons. The minimum Gasteiger partial charge on any atom is -0.872 e. The SMILES string of the molecule is CC(O)CN1C(=O)C(=O)/C(=C(/[O-])c2ccc(Br)cc2)C12C(=O)N(c1ccccc1)C(N)=[N+]2c1ccccc1. The average molecular weight is 575 g/mol. The average Bonchev–Trinajstić information content (AvgIpc) is 3.26. The maximum atomic E-state index is 14.6. The molecule has 1 spiro atoms. The summed E-state index contributed by atoms with van der Waals surface area (Å²) in [6, 6.07) is 23.2. The van der Waals surface area contributed by atoms with Crippen LogP contribution in [0.2, 0.25) is 0 Å². The van der Waals surface area contributed by atoms with E-state index in [-0.39, 0.29) is 11.5 Å². The summed E-state index contributed by atoms with van der Waals surface area (Å²) in [6.45, 7) is 1.03. The van der Waals surface area contributed by atoms with Gasteiger partial charge in [-0.15, -0.1) is 0 Å². The number of aliphatic hydroxyl groups excluding tert-OH is 1. The van der Waals surface area contributed by atoms with Crippen LogP contribution in [0.5, 0.6) is 0 Å². The fourth-order valence-corrected chi connectivity index (χ4v) is 5.22. The van der Waals surface area contributed by atoms with Gasteiger partial charge in [0.25, 0.3) is 17.4 Å². The summed E-state index contributed by atoms with van der Waals surface area (Å²) in [7, 11) is 0. The number of nitrogens with two attached hydrogens (primary N) is 1. The van der Waals surface area contributed by atoms with Gasteiger partial charge in [-0.2, -0.15) is 9.48 Å². The lowest BCUT2D eigenvalue weighted by Gasteiger charge is -2.35. The van der Waals surface area contributed by atoms with Gasteiger partial charge in [-0.3, -0.25) is 20.2 Å². The first-order valence-electron chi connectivity index (χ1n) is 11.8. The minimum atomic E-state index is -2.27. The number of ketones is 1. The molecule has 3 aromatic carbocycles. The van der Waals surface area contributed by atoms with Gasteiger partial charge in [0, 0.05) is 4.47 Å². The van der Waals surface area contributed by atoms with Gasteiger partial charge in [0.15, 0.2) is 0 Å². The number of likely N-dealkylation sites (tertiary alicyclic amines) is 1. The Bertz CT molecular complexity index is 1500. The second-order valence-corrected chi connectivity index (χ2v) is 9.90. The summed E-state index contributed by atoms with van der Waals surface area (Å²) in [4.78, 5) is 43.9. The Labute approximate surface area is 226 Å². The Morgan fingerprint density at radius 1 is 1.00 bits per heavy atom. The van der Waals surface area contributed by atoms with Crippen molar-refractivity contribution in [1.82, 2.24) is 4.90 Å². The van der Waals surface area contributed by atoms with Crippen LogP contribution >= 0.6 is 15.9 Å². The summed E-state index contributed by atoms with van der Waals surface area (Å²) < 4.78 is 2.04. The van der Waals surface area contributed by atoms with Gasteiger partial charge in [0.05, 0.1) is 18.2 Å². The number of β-amino-alcohol motifs (C(OH)–C–C–N with tert-alkyl or cyclic N) is 1. The molecule has 0 aromatic heterocycles. The Morgan fingerprint density at radius 2 is 1.58 bits per heavy atom. The number of carbonyl (C=O) groups excluding carboxylic acids is 3. The highest BCUT2D eigenvalue weighted by molar-refractivity contribution is 9.10. The Kier molecular flexibility index (Phi) is 6.38. The van der Waals surface area contributed by atoms with E-state index in [4.69, 9.17) is 5.73 Å². The van der Waals surface area contributed by atoms with E-state index >= 15 is 0 Å². The molecule has 0 saturated carbocycles. The van der Waals surface area contributed by atoms with Crippen molar-refractivity contribution < 1.29 is 29.2 Å². The molecule has 10 heteroatoms. The van der Waals surface area contributed by atoms with Gasteiger partial charge in [-0.1, -0.05) is 70.2 Å². The number of guanidine groups is 1. The molecule has 2 aliphatic rings. The molecular weight excluding hydrogens is 552 g/mol. The zero-order valence-corrected chi connectivity index (χ0v) is 21.8. The number of carbonyl (C=O) groups is 3. The monoisotopic (exact) mass is 574 g/mol. The highest BCUT2D eigenvalue weighted by Crippen LogP contribution is 2.45. The molecule has 3 aromatic rings. The molecule has 2 unspecified atom stereocenters. The number of rotatable bonds is 5. The smallest absolute Gasteiger partial charge is 0.366 e.